The van der Waals surface area contributed by atoms with Crippen molar-refractivity contribution in [3.63, 3.8) is 0 Å². The number of hydroxylamine groups is 1. The van der Waals surface area contributed by atoms with Crippen molar-refractivity contribution in [1.29, 1.82) is 0 Å². The Morgan fingerprint density at radius 2 is 2.12 bits per heavy atom. The molecule has 0 aliphatic carbocycles. The molecule has 0 aromatic rings. The summed E-state index contributed by atoms with van der Waals surface area (Å²) >= 11 is 0. The molecule has 0 saturated carbocycles. The molecule has 0 aliphatic heterocycles. The summed E-state index contributed by atoms with van der Waals surface area (Å²) in [4.78, 5) is 11.4. The smallest absolute Gasteiger partial charge is 0.337 e. The number of ether oxygens (including phenoxy) is 1. The molecular weight excluding hydrogens is 208 g/mol. The molecule has 16 heavy (non-hydrogen) atoms. The first-order valence-electron chi connectivity index (χ1n) is 4.73. The van der Waals surface area contributed by atoms with E-state index in [-0.39, 0.29) is 0 Å². The van der Waals surface area contributed by atoms with Gasteiger partial charge in [-0.2, -0.15) is 5.48 Å². The largest absolute Gasteiger partial charge is 0.465 e. The van der Waals surface area contributed by atoms with E-state index in [2.05, 4.69) is 11.3 Å². The van der Waals surface area contributed by atoms with Crippen LogP contribution >= 0.6 is 0 Å². The Kier molecular flexibility index (Phi) is 6.32. The molecule has 0 bridgehead atoms. The third-order valence-electron chi connectivity index (χ3n) is 1.99. The van der Waals surface area contributed by atoms with Crippen LogP contribution in [0.25, 0.3) is 0 Å². The van der Waals surface area contributed by atoms with Gasteiger partial charge in [0.05, 0.1) is 12.7 Å². The highest BCUT2D eigenvalue weighted by molar-refractivity contribution is 5.92. The van der Waals surface area contributed by atoms with Crippen molar-refractivity contribution in [3.8, 4) is 0 Å². The fourth-order valence-corrected chi connectivity index (χ4v) is 1.03. The highest BCUT2D eigenvalue weighted by Crippen LogP contribution is 2.12. The average Bonchev–Trinajstić information content (AvgIpc) is 2.28. The van der Waals surface area contributed by atoms with E-state index in [0.29, 0.717) is 11.1 Å². The van der Waals surface area contributed by atoms with Crippen molar-refractivity contribution in [2.24, 2.45) is 5.73 Å². The molecule has 0 radical (unpaired) electrons. The number of carbonyl (C=O) groups is 1. The zero-order valence-corrected chi connectivity index (χ0v) is 9.78. The summed E-state index contributed by atoms with van der Waals surface area (Å²) in [5, 5.41) is 8.69. The maximum Gasteiger partial charge on any atom is 0.337 e. The monoisotopic (exact) mass is 226 g/mol. The van der Waals surface area contributed by atoms with E-state index in [4.69, 9.17) is 10.9 Å². The molecule has 0 fully saturated rings. The lowest BCUT2D eigenvalue weighted by Gasteiger charge is -2.11. The summed E-state index contributed by atoms with van der Waals surface area (Å²) < 4.78 is 4.63. The van der Waals surface area contributed by atoms with Gasteiger partial charge >= 0.3 is 5.97 Å². The predicted octanol–water partition coefficient (Wildman–Crippen LogP) is 0.872. The molecule has 4 N–H and O–H groups in total. The molecular formula is C11H18N2O3. The highest BCUT2D eigenvalue weighted by Gasteiger charge is 2.12. The first-order valence-corrected chi connectivity index (χ1v) is 4.73. The van der Waals surface area contributed by atoms with Gasteiger partial charge in [-0.05, 0) is 25.5 Å². The van der Waals surface area contributed by atoms with E-state index in [0.717, 1.165) is 5.57 Å². The van der Waals surface area contributed by atoms with Crippen LogP contribution in [0.15, 0.2) is 35.5 Å². The van der Waals surface area contributed by atoms with E-state index >= 15 is 0 Å². The average molecular weight is 226 g/mol. The third-order valence-corrected chi connectivity index (χ3v) is 1.99. The molecule has 0 rings (SSSR count). The van der Waals surface area contributed by atoms with Crippen LogP contribution in [0.1, 0.15) is 13.8 Å². The molecule has 1 atom stereocenters. The first-order chi connectivity index (χ1) is 7.47. The lowest BCUT2D eigenvalue weighted by atomic mass is 10.1. The van der Waals surface area contributed by atoms with Gasteiger partial charge in [0.1, 0.15) is 6.17 Å². The molecule has 5 heteroatoms. The molecule has 0 aromatic heterocycles. The first kappa shape index (κ1) is 14.6. The van der Waals surface area contributed by atoms with E-state index in [1.165, 1.54) is 19.3 Å². The Labute approximate surface area is 95.2 Å². The summed E-state index contributed by atoms with van der Waals surface area (Å²) in [7, 11) is 1.30. The lowest BCUT2D eigenvalue weighted by molar-refractivity contribution is -0.135. The SMILES string of the molecule is C=C/C(=C\C(C(=O)OC)=C(C)C)C(N)NO. The summed E-state index contributed by atoms with van der Waals surface area (Å²) in [5.74, 6) is -0.454. The maximum absolute atomic E-state index is 11.4. The molecule has 0 aromatic carbocycles. The Hall–Kier alpha value is -1.43. The Morgan fingerprint density at radius 1 is 1.56 bits per heavy atom. The fraction of sp³-hybridized carbons (Fsp3) is 0.364. The summed E-state index contributed by atoms with van der Waals surface area (Å²) in [6, 6.07) is 0. The second kappa shape index (κ2) is 6.95. The van der Waals surface area contributed by atoms with Crippen molar-refractivity contribution in [2.45, 2.75) is 20.0 Å². The lowest BCUT2D eigenvalue weighted by Crippen LogP contribution is -2.36. The van der Waals surface area contributed by atoms with Crippen molar-refractivity contribution in [1.82, 2.24) is 5.48 Å². The van der Waals surface area contributed by atoms with Crippen LogP contribution < -0.4 is 11.2 Å². The van der Waals surface area contributed by atoms with Gasteiger partial charge in [-0.3, -0.25) is 0 Å². The number of esters is 1. The number of hydrogen-bond donors (Lipinski definition) is 3. The van der Waals surface area contributed by atoms with Crippen molar-refractivity contribution >= 4 is 5.97 Å². The topological polar surface area (TPSA) is 84.6 Å². The Morgan fingerprint density at radius 3 is 2.44 bits per heavy atom. The predicted molar refractivity (Wildman–Crippen MR) is 61.6 cm³/mol. The molecule has 1 unspecified atom stereocenters. The van der Waals surface area contributed by atoms with Gasteiger partial charge in [-0.15, -0.1) is 0 Å². The summed E-state index contributed by atoms with van der Waals surface area (Å²) in [6.07, 6.45) is 2.19. The number of nitrogens with two attached hydrogens (primary N) is 1. The standard InChI is InChI=1S/C11H18N2O3/c1-5-8(10(12)13-15)6-9(7(2)3)11(14)16-4/h5-6,10,13,15H,1,12H2,2-4H3/b8-6+. The minimum Gasteiger partial charge on any atom is -0.465 e. The van der Waals surface area contributed by atoms with Gasteiger partial charge in [-0.1, -0.05) is 18.2 Å². The zero-order chi connectivity index (χ0) is 12.7. The minimum absolute atomic E-state index is 0.392. The second-order valence-corrected chi connectivity index (χ2v) is 3.36. The molecule has 5 nitrogen and oxygen atoms in total. The molecule has 90 valence electrons. The molecule has 0 saturated heterocycles. The normalized spacial score (nSPS) is 12.9. The zero-order valence-electron chi connectivity index (χ0n) is 9.78. The molecule has 0 aliphatic rings. The van der Waals surface area contributed by atoms with Gasteiger partial charge in [0, 0.05) is 0 Å². The minimum atomic E-state index is -0.795. The van der Waals surface area contributed by atoms with Crippen LogP contribution in [0.3, 0.4) is 0 Å². The molecule has 0 spiro atoms. The third kappa shape index (κ3) is 3.98. The Bertz CT molecular complexity index is 328. The van der Waals surface area contributed by atoms with Crippen LogP contribution in [-0.2, 0) is 9.53 Å². The number of carbonyl (C=O) groups excluding carboxylic acids is 1. The number of rotatable bonds is 5. The number of hydrogen-bond acceptors (Lipinski definition) is 5. The number of methoxy groups -OCH3 is 1. The van der Waals surface area contributed by atoms with Crippen LogP contribution in [-0.4, -0.2) is 24.5 Å². The van der Waals surface area contributed by atoms with Crippen molar-refractivity contribution in [3.05, 3.63) is 35.5 Å². The van der Waals surface area contributed by atoms with E-state index < -0.39 is 12.1 Å². The van der Waals surface area contributed by atoms with Crippen LogP contribution in [0.2, 0.25) is 0 Å². The van der Waals surface area contributed by atoms with E-state index in [1.54, 1.807) is 13.8 Å². The van der Waals surface area contributed by atoms with Gasteiger partial charge < -0.3 is 15.7 Å². The van der Waals surface area contributed by atoms with Gasteiger partial charge in [0.2, 0.25) is 0 Å². The van der Waals surface area contributed by atoms with Gasteiger partial charge in [0.25, 0.3) is 0 Å². The summed E-state index contributed by atoms with van der Waals surface area (Å²) in [6.45, 7) is 7.11. The van der Waals surface area contributed by atoms with Gasteiger partial charge in [0.15, 0.2) is 0 Å². The van der Waals surface area contributed by atoms with E-state index in [1.807, 2.05) is 5.48 Å². The maximum atomic E-state index is 11.4. The molecule has 0 amide bonds. The van der Waals surface area contributed by atoms with E-state index in [9.17, 15) is 4.79 Å². The summed E-state index contributed by atoms with van der Waals surface area (Å²) in [5.41, 5.74) is 9.09. The van der Waals surface area contributed by atoms with Crippen LogP contribution in [0, 0.1) is 0 Å². The Balaban J connectivity index is 5.27. The fourth-order valence-electron chi connectivity index (χ4n) is 1.03. The highest BCUT2D eigenvalue weighted by atomic mass is 16.5. The van der Waals surface area contributed by atoms with Gasteiger partial charge in [-0.25, -0.2) is 4.79 Å². The number of nitrogens with one attached hydrogen (secondary N) is 1. The van der Waals surface area contributed by atoms with Crippen LogP contribution in [0.4, 0.5) is 0 Å². The molecule has 0 heterocycles. The van der Waals surface area contributed by atoms with Crippen molar-refractivity contribution < 1.29 is 14.7 Å². The quantitative estimate of drug-likeness (QED) is 0.213. The van der Waals surface area contributed by atoms with Crippen molar-refractivity contribution in [2.75, 3.05) is 7.11 Å². The van der Waals surface area contributed by atoms with Crippen LogP contribution in [0.5, 0.6) is 0 Å². The number of allylic oxidation sites excluding steroid dienone is 1. The second-order valence-electron chi connectivity index (χ2n) is 3.36.